The average Bonchev–Trinajstić information content (AvgIpc) is 3.02. The summed E-state index contributed by atoms with van der Waals surface area (Å²) in [6, 6.07) is 20.2. The minimum absolute atomic E-state index is 0.475. The second-order valence-corrected chi connectivity index (χ2v) is 4.80. The Labute approximate surface area is 124 Å². The Bertz CT molecular complexity index is 662. The van der Waals surface area contributed by atoms with Gasteiger partial charge in [0.05, 0.1) is 13.2 Å². The summed E-state index contributed by atoms with van der Waals surface area (Å²) in [6.45, 7) is 1.15. The van der Waals surface area contributed by atoms with Crippen LogP contribution in [0.2, 0.25) is 0 Å². The molecule has 0 amide bonds. The maximum absolute atomic E-state index is 5.65. The third kappa shape index (κ3) is 3.80. The van der Waals surface area contributed by atoms with Crippen LogP contribution in [0.3, 0.4) is 0 Å². The molecular formula is C18H17NO2. The molecule has 0 saturated carbocycles. The molecule has 2 aromatic carbocycles. The first kappa shape index (κ1) is 13.6. The standard InChI is InChI=1S/C18H17NO2/c1-3-7-15(8-4-1)11-12-20-13-17-14-21-18(19-17)16-9-5-2-6-10-16/h1-10,14H,11-13H2. The first-order chi connectivity index (χ1) is 10.4. The van der Waals surface area contributed by atoms with Gasteiger partial charge in [-0.2, -0.15) is 0 Å². The summed E-state index contributed by atoms with van der Waals surface area (Å²) in [5.41, 5.74) is 3.08. The fraction of sp³-hybridized carbons (Fsp3) is 0.167. The number of oxazole rings is 1. The molecule has 0 unspecified atom stereocenters. The Morgan fingerprint density at radius 3 is 2.38 bits per heavy atom. The van der Waals surface area contributed by atoms with Crippen LogP contribution in [0.25, 0.3) is 11.5 Å². The lowest BCUT2D eigenvalue weighted by Gasteiger charge is -2.02. The predicted molar refractivity (Wildman–Crippen MR) is 81.7 cm³/mol. The van der Waals surface area contributed by atoms with E-state index in [1.807, 2.05) is 48.5 Å². The van der Waals surface area contributed by atoms with Gasteiger partial charge in [0.25, 0.3) is 0 Å². The topological polar surface area (TPSA) is 35.3 Å². The van der Waals surface area contributed by atoms with Crippen molar-refractivity contribution in [1.29, 1.82) is 0 Å². The van der Waals surface area contributed by atoms with Crippen molar-refractivity contribution < 1.29 is 9.15 Å². The van der Waals surface area contributed by atoms with Crippen molar-refractivity contribution in [3.63, 3.8) is 0 Å². The Hall–Kier alpha value is -2.39. The summed E-state index contributed by atoms with van der Waals surface area (Å²) in [5.74, 6) is 0.636. The zero-order valence-corrected chi connectivity index (χ0v) is 11.7. The molecule has 0 aliphatic heterocycles. The highest BCUT2D eigenvalue weighted by Gasteiger charge is 2.06. The van der Waals surface area contributed by atoms with Crippen LogP contribution in [-0.4, -0.2) is 11.6 Å². The molecule has 0 N–H and O–H groups in total. The molecule has 0 atom stereocenters. The lowest BCUT2D eigenvalue weighted by molar-refractivity contribution is 0.121. The first-order valence-corrected chi connectivity index (χ1v) is 7.03. The van der Waals surface area contributed by atoms with Crippen molar-refractivity contribution >= 4 is 0 Å². The lowest BCUT2D eigenvalue weighted by atomic mass is 10.2. The van der Waals surface area contributed by atoms with E-state index in [1.165, 1.54) is 5.56 Å². The molecule has 0 fully saturated rings. The van der Waals surface area contributed by atoms with Crippen molar-refractivity contribution in [3.8, 4) is 11.5 Å². The molecule has 0 aliphatic carbocycles. The van der Waals surface area contributed by atoms with Crippen LogP contribution >= 0.6 is 0 Å². The van der Waals surface area contributed by atoms with Crippen LogP contribution in [0.5, 0.6) is 0 Å². The molecule has 0 aliphatic rings. The quantitative estimate of drug-likeness (QED) is 0.637. The number of hydrogen-bond donors (Lipinski definition) is 0. The number of rotatable bonds is 6. The molecule has 0 spiro atoms. The van der Waals surface area contributed by atoms with Crippen LogP contribution < -0.4 is 0 Å². The molecule has 3 rings (SSSR count). The predicted octanol–water partition coefficient (Wildman–Crippen LogP) is 4.10. The van der Waals surface area contributed by atoms with Gasteiger partial charge in [0.1, 0.15) is 12.0 Å². The summed E-state index contributed by atoms with van der Waals surface area (Å²) in [6.07, 6.45) is 2.56. The zero-order chi connectivity index (χ0) is 14.3. The maximum atomic E-state index is 5.65. The highest BCUT2D eigenvalue weighted by atomic mass is 16.5. The monoisotopic (exact) mass is 279 g/mol. The maximum Gasteiger partial charge on any atom is 0.226 e. The number of aromatic nitrogens is 1. The van der Waals surface area contributed by atoms with Gasteiger partial charge in [-0.1, -0.05) is 48.5 Å². The van der Waals surface area contributed by atoms with E-state index in [2.05, 4.69) is 17.1 Å². The Morgan fingerprint density at radius 2 is 1.62 bits per heavy atom. The zero-order valence-electron chi connectivity index (χ0n) is 11.7. The minimum atomic E-state index is 0.475. The number of benzene rings is 2. The Balaban J connectivity index is 1.49. The van der Waals surface area contributed by atoms with E-state index in [0.717, 1.165) is 17.7 Å². The van der Waals surface area contributed by atoms with Crippen LogP contribution in [0.4, 0.5) is 0 Å². The Kier molecular flexibility index (Phi) is 4.44. The van der Waals surface area contributed by atoms with Crippen molar-refractivity contribution in [2.45, 2.75) is 13.0 Å². The van der Waals surface area contributed by atoms with Crippen LogP contribution in [0.1, 0.15) is 11.3 Å². The molecule has 3 nitrogen and oxygen atoms in total. The normalized spacial score (nSPS) is 10.7. The second-order valence-electron chi connectivity index (χ2n) is 4.80. The van der Waals surface area contributed by atoms with Gasteiger partial charge in [0, 0.05) is 5.56 Å². The third-order valence-electron chi connectivity index (χ3n) is 3.20. The van der Waals surface area contributed by atoms with E-state index in [1.54, 1.807) is 6.26 Å². The van der Waals surface area contributed by atoms with Crippen molar-refractivity contribution in [2.24, 2.45) is 0 Å². The molecule has 3 aromatic rings. The van der Waals surface area contributed by atoms with E-state index in [-0.39, 0.29) is 0 Å². The minimum Gasteiger partial charge on any atom is -0.444 e. The summed E-state index contributed by atoms with van der Waals surface area (Å²) in [4.78, 5) is 4.43. The van der Waals surface area contributed by atoms with Gasteiger partial charge in [-0.3, -0.25) is 0 Å². The highest BCUT2D eigenvalue weighted by Crippen LogP contribution is 2.18. The molecule has 0 radical (unpaired) electrons. The fourth-order valence-electron chi connectivity index (χ4n) is 2.10. The summed E-state index contributed by atoms with van der Waals surface area (Å²) < 4.78 is 11.1. The van der Waals surface area contributed by atoms with Gasteiger partial charge < -0.3 is 9.15 Å². The van der Waals surface area contributed by atoms with Gasteiger partial charge >= 0.3 is 0 Å². The van der Waals surface area contributed by atoms with Crippen molar-refractivity contribution in [3.05, 3.63) is 78.2 Å². The van der Waals surface area contributed by atoms with E-state index in [9.17, 15) is 0 Å². The largest absolute Gasteiger partial charge is 0.444 e. The van der Waals surface area contributed by atoms with Gasteiger partial charge in [0.15, 0.2) is 0 Å². The van der Waals surface area contributed by atoms with Gasteiger partial charge in [-0.25, -0.2) is 4.98 Å². The molecule has 21 heavy (non-hydrogen) atoms. The SMILES string of the molecule is c1ccc(CCOCc2coc(-c3ccccc3)n2)cc1. The second kappa shape index (κ2) is 6.86. The van der Waals surface area contributed by atoms with Crippen molar-refractivity contribution in [2.75, 3.05) is 6.61 Å². The smallest absolute Gasteiger partial charge is 0.226 e. The number of nitrogens with zero attached hydrogens (tertiary/aromatic N) is 1. The van der Waals surface area contributed by atoms with E-state index < -0.39 is 0 Å². The van der Waals surface area contributed by atoms with E-state index in [0.29, 0.717) is 19.1 Å². The number of hydrogen-bond acceptors (Lipinski definition) is 3. The third-order valence-corrected chi connectivity index (χ3v) is 3.20. The van der Waals surface area contributed by atoms with E-state index >= 15 is 0 Å². The summed E-state index contributed by atoms with van der Waals surface area (Å²) in [5, 5.41) is 0. The van der Waals surface area contributed by atoms with E-state index in [4.69, 9.17) is 9.15 Å². The van der Waals surface area contributed by atoms with Crippen LogP contribution in [0, 0.1) is 0 Å². The van der Waals surface area contributed by atoms with Crippen molar-refractivity contribution in [1.82, 2.24) is 4.98 Å². The molecule has 3 heteroatoms. The molecule has 106 valence electrons. The molecule has 1 heterocycles. The molecule has 1 aromatic heterocycles. The summed E-state index contributed by atoms with van der Waals surface area (Å²) in [7, 11) is 0. The fourth-order valence-corrected chi connectivity index (χ4v) is 2.10. The summed E-state index contributed by atoms with van der Waals surface area (Å²) >= 11 is 0. The molecule has 0 saturated heterocycles. The molecule has 0 bridgehead atoms. The average molecular weight is 279 g/mol. The van der Waals surface area contributed by atoms with Gasteiger partial charge in [-0.15, -0.1) is 0 Å². The van der Waals surface area contributed by atoms with Crippen LogP contribution in [-0.2, 0) is 17.8 Å². The Morgan fingerprint density at radius 1 is 0.905 bits per heavy atom. The van der Waals surface area contributed by atoms with Crippen LogP contribution in [0.15, 0.2) is 71.3 Å². The van der Waals surface area contributed by atoms with Gasteiger partial charge in [0.2, 0.25) is 5.89 Å². The highest BCUT2D eigenvalue weighted by molar-refractivity contribution is 5.52. The lowest BCUT2D eigenvalue weighted by Crippen LogP contribution is -1.99. The molecular weight excluding hydrogens is 262 g/mol. The first-order valence-electron chi connectivity index (χ1n) is 7.03. The number of ether oxygens (including phenoxy) is 1. The van der Waals surface area contributed by atoms with Gasteiger partial charge in [-0.05, 0) is 24.1 Å².